The van der Waals surface area contributed by atoms with E-state index in [1.165, 1.54) is 12.1 Å². The van der Waals surface area contributed by atoms with E-state index in [4.69, 9.17) is 11.5 Å². The summed E-state index contributed by atoms with van der Waals surface area (Å²) in [6.07, 6.45) is 0. The van der Waals surface area contributed by atoms with Crippen molar-refractivity contribution in [2.75, 3.05) is 5.73 Å². The van der Waals surface area contributed by atoms with Gasteiger partial charge in [0.15, 0.2) is 5.75 Å². The third-order valence-corrected chi connectivity index (χ3v) is 2.22. The average molecular weight is 231 g/mol. The minimum atomic E-state index is -0.614. The van der Waals surface area contributed by atoms with Gasteiger partial charge in [0.2, 0.25) is 5.91 Å². The number of amides is 1. The molecule has 0 atom stereocenters. The number of anilines is 1. The lowest BCUT2D eigenvalue weighted by Crippen LogP contribution is -2.11. The molecule has 0 saturated carbocycles. The van der Waals surface area contributed by atoms with Crippen LogP contribution in [-0.2, 0) is 0 Å². The lowest BCUT2D eigenvalue weighted by molar-refractivity contribution is 0.0999. The van der Waals surface area contributed by atoms with Crippen molar-refractivity contribution in [1.82, 2.24) is 0 Å². The lowest BCUT2D eigenvalue weighted by atomic mass is 10.2. The van der Waals surface area contributed by atoms with Crippen LogP contribution in [0.25, 0.3) is 0 Å². The Bertz CT molecular complexity index is 338. The molecule has 0 aliphatic carbocycles. The van der Waals surface area contributed by atoms with Gasteiger partial charge in [0.05, 0.1) is 15.7 Å². The van der Waals surface area contributed by atoms with Crippen LogP contribution in [0, 0.1) is 0 Å². The molecule has 5 N–H and O–H groups in total. The summed E-state index contributed by atoms with van der Waals surface area (Å²) in [5.74, 6) is -0.775. The van der Waals surface area contributed by atoms with Gasteiger partial charge in [-0.3, -0.25) is 4.79 Å². The van der Waals surface area contributed by atoms with E-state index >= 15 is 0 Å². The number of aromatic hydroxyl groups is 1. The van der Waals surface area contributed by atoms with Crippen LogP contribution >= 0.6 is 15.9 Å². The Kier molecular flexibility index (Phi) is 2.23. The van der Waals surface area contributed by atoms with E-state index in [9.17, 15) is 9.90 Å². The van der Waals surface area contributed by atoms with Gasteiger partial charge >= 0.3 is 0 Å². The van der Waals surface area contributed by atoms with Crippen molar-refractivity contribution in [3.63, 3.8) is 0 Å². The lowest BCUT2D eigenvalue weighted by Gasteiger charge is -2.04. The Morgan fingerprint density at radius 3 is 2.58 bits per heavy atom. The van der Waals surface area contributed by atoms with Gasteiger partial charge in [0, 0.05) is 0 Å². The maximum atomic E-state index is 10.7. The van der Waals surface area contributed by atoms with Gasteiger partial charge in [0.25, 0.3) is 0 Å². The molecule has 4 nitrogen and oxygen atoms in total. The molecular weight excluding hydrogens is 224 g/mol. The molecule has 12 heavy (non-hydrogen) atoms. The van der Waals surface area contributed by atoms with E-state index in [0.29, 0.717) is 0 Å². The summed E-state index contributed by atoms with van der Waals surface area (Å²) in [5.41, 5.74) is 10.8. The minimum Gasteiger partial charge on any atom is -0.505 e. The number of nitrogens with two attached hydrogens (primary N) is 2. The molecule has 0 unspecified atom stereocenters. The first-order valence-electron chi connectivity index (χ1n) is 3.10. The summed E-state index contributed by atoms with van der Waals surface area (Å²) >= 11 is 3.00. The molecule has 0 bridgehead atoms. The van der Waals surface area contributed by atoms with Crippen molar-refractivity contribution in [2.24, 2.45) is 5.73 Å². The second kappa shape index (κ2) is 3.02. The third kappa shape index (κ3) is 1.35. The highest BCUT2D eigenvalue weighted by atomic mass is 79.9. The number of halogens is 1. The van der Waals surface area contributed by atoms with E-state index in [-0.39, 0.29) is 21.5 Å². The molecule has 1 aromatic rings. The van der Waals surface area contributed by atoms with E-state index in [1.54, 1.807) is 0 Å². The molecule has 1 amide bonds. The fourth-order valence-corrected chi connectivity index (χ4v) is 1.33. The van der Waals surface area contributed by atoms with Gasteiger partial charge in [-0.15, -0.1) is 0 Å². The maximum Gasteiger partial charge on any atom is 0.249 e. The van der Waals surface area contributed by atoms with Gasteiger partial charge in [-0.1, -0.05) is 0 Å². The van der Waals surface area contributed by atoms with Crippen LogP contribution in [0.15, 0.2) is 16.6 Å². The quantitative estimate of drug-likeness (QED) is 0.494. The smallest absolute Gasteiger partial charge is 0.249 e. The van der Waals surface area contributed by atoms with Crippen molar-refractivity contribution in [3.8, 4) is 5.75 Å². The SMILES string of the molecule is NC(=O)c1ccc(N)c(O)c1Br. The topological polar surface area (TPSA) is 89.3 Å². The first-order chi connectivity index (χ1) is 5.54. The Hall–Kier alpha value is -1.23. The zero-order chi connectivity index (χ0) is 9.30. The largest absolute Gasteiger partial charge is 0.505 e. The predicted octanol–water partition coefficient (Wildman–Crippen LogP) is 0.836. The predicted molar refractivity (Wildman–Crippen MR) is 48.7 cm³/mol. The normalized spacial score (nSPS) is 9.75. The van der Waals surface area contributed by atoms with E-state index < -0.39 is 5.91 Å². The first kappa shape index (κ1) is 8.86. The second-order valence-electron chi connectivity index (χ2n) is 2.23. The molecule has 1 rings (SSSR count). The average Bonchev–Trinajstić information content (AvgIpc) is 2.00. The second-order valence-corrected chi connectivity index (χ2v) is 3.02. The van der Waals surface area contributed by atoms with Gasteiger partial charge in [-0.05, 0) is 28.1 Å². The monoisotopic (exact) mass is 230 g/mol. The number of phenols is 1. The fraction of sp³-hybridized carbons (Fsp3) is 0. The van der Waals surface area contributed by atoms with Crippen LogP contribution in [0.4, 0.5) is 5.69 Å². The Balaban J connectivity index is 3.36. The zero-order valence-corrected chi connectivity index (χ0v) is 7.63. The molecule has 0 saturated heterocycles. The Labute approximate surface area is 77.3 Å². The summed E-state index contributed by atoms with van der Waals surface area (Å²) in [6, 6.07) is 2.86. The Morgan fingerprint density at radius 1 is 1.50 bits per heavy atom. The number of carbonyl (C=O) groups is 1. The summed E-state index contributed by atoms with van der Waals surface area (Å²) in [7, 11) is 0. The molecule has 0 aliphatic rings. The van der Waals surface area contributed by atoms with Crippen molar-refractivity contribution < 1.29 is 9.90 Å². The molecular formula is C7H7BrN2O2. The highest BCUT2D eigenvalue weighted by molar-refractivity contribution is 9.10. The number of rotatable bonds is 1. The van der Waals surface area contributed by atoms with Crippen molar-refractivity contribution in [1.29, 1.82) is 0 Å². The number of phenolic OH excluding ortho intramolecular Hbond substituents is 1. The molecule has 0 spiro atoms. The van der Waals surface area contributed by atoms with Crippen LogP contribution in [-0.4, -0.2) is 11.0 Å². The summed E-state index contributed by atoms with van der Waals surface area (Å²) in [5, 5.41) is 9.26. The van der Waals surface area contributed by atoms with Gasteiger partial charge in [0.1, 0.15) is 0 Å². The highest BCUT2D eigenvalue weighted by Gasteiger charge is 2.11. The van der Waals surface area contributed by atoms with Gasteiger partial charge < -0.3 is 16.6 Å². The van der Waals surface area contributed by atoms with Crippen molar-refractivity contribution in [2.45, 2.75) is 0 Å². The molecule has 0 radical (unpaired) electrons. The third-order valence-electron chi connectivity index (χ3n) is 1.41. The molecule has 0 heterocycles. The number of benzene rings is 1. The van der Waals surface area contributed by atoms with E-state index in [1.807, 2.05) is 0 Å². The number of nitrogen functional groups attached to an aromatic ring is 1. The van der Waals surface area contributed by atoms with Crippen LogP contribution in [0.5, 0.6) is 5.75 Å². The van der Waals surface area contributed by atoms with E-state index in [0.717, 1.165) is 0 Å². The molecule has 5 heteroatoms. The number of hydrogen-bond acceptors (Lipinski definition) is 3. The van der Waals surface area contributed by atoms with Crippen LogP contribution in [0.2, 0.25) is 0 Å². The molecule has 0 aliphatic heterocycles. The zero-order valence-electron chi connectivity index (χ0n) is 6.04. The van der Waals surface area contributed by atoms with Crippen LogP contribution < -0.4 is 11.5 Å². The van der Waals surface area contributed by atoms with Crippen molar-refractivity contribution >= 4 is 27.5 Å². The number of carbonyl (C=O) groups excluding carboxylic acids is 1. The van der Waals surface area contributed by atoms with Crippen LogP contribution in [0.3, 0.4) is 0 Å². The van der Waals surface area contributed by atoms with Crippen LogP contribution in [0.1, 0.15) is 10.4 Å². The summed E-state index contributed by atoms with van der Waals surface area (Å²) in [6.45, 7) is 0. The number of hydrogen-bond donors (Lipinski definition) is 3. The van der Waals surface area contributed by atoms with Gasteiger partial charge in [-0.2, -0.15) is 0 Å². The first-order valence-corrected chi connectivity index (χ1v) is 3.90. The fourth-order valence-electron chi connectivity index (χ4n) is 0.770. The highest BCUT2D eigenvalue weighted by Crippen LogP contribution is 2.32. The summed E-state index contributed by atoms with van der Waals surface area (Å²) < 4.78 is 0.231. The molecule has 1 aromatic carbocycles. The Morgan fingerprint density at radius 2 is 2.08 bits per heavy atom. The summed E-state index contributed by atoms with van der Waals surface area (Å²) in [4.78, 5) is 10.7. The minimum absolute atomic E-state index is 0.161. The van der Waals surface area contributed by atoms with Crippen molar-refractivity contribution in [3.05, 3.63) is 22.2 Å². The molecule has 0 fully saturated rings. The molecule has 0 aromatic heterocycles. The standard InChI is InChI=1S/C7H7BrN2O2/c8-5-3(7(10)12)1-2-4(9)6(5)11/h1-2,11H,9H2,(H2,10,12). The maximum absolute atomic E-state index is 10.7. The van der Waals surface area contributed by atoms with E-state index in [2.05, 4.69) is 15.9 Å². The number of primary amides is 1. The molecule has 64 valence electrons. The van der Waals surface area contributed by atoms with Gasteiger partial charge in [-0.25, -0.2) is 0 Å².